The van der Waals surface area contributed by atoms with Gasteiger partial charge >= 0.3 is 5.97 Å². The molecule has 6 rings (SSSR count). The molecule has 62 heavy (non-hydrogen) atoms. The highest BCUT2D eigenvalue weighted by molar-refractivity contribution is 6.53. The van der Waals surface area contributed by atoms with Crippen LogP contribution in [0.5, 0.6) is 11.5 Å². The summed E-state index contributed by atoms with van der Waals surface area (Å²) in [6.45, 7) is 12.3. The average Bonchev–Trinajstić information content (AvgIpc) is 3.58. The van der Waals surface area contributed by atoms with Gasteiger partial charge in [-0.3, -0.25) is 0 Å². The summed E-state index contributed by atoms with van der Waals surface area (Å²) in [6.07, 6.45) is 4.70. The standard InChI is InChI=1S/C50H52Cl4N2O6/c1-11-31-17-23-37(47(27(31)3)55-29(5)58-7)39(33-13-19-35(60-9)20-14-33)25-50(42-41(49(57)62-50)43(51)45(53)46(54)44(42)52)26-40(34-15-21-36(61-10)22-16-34)38-24-18-32(12-2)28(4)48(38)56-30(6)59-8/h13-26,29-30,55-56H,11-12H2,1-10H3. The number of aryl methyl sites for hydroxylation is 2. The number of hydrogen-bond donors (Lipinski definition) is 2. The summed E-state index contributed by atoms with van der Waals surface area (Å²) in [4.78, 5) is 14.6. The quantitative estimate of drug-likeness (QED) is 0.0438. The van der Waals surface area contributed by atoms with E-state index < -0.39 is 11.6 Å². The van der Waals surface area contributed by atoms with Crippen molar-refractivity contribution < 1.29 is 28.5 Å². The largest absolute Gasteiger partial charge is 0.497 e. The Labute approximate surface area is 385 Å². The number of anilines is 2. The molecule has 2 atom stereocenters. The molecule has 0 saturated carbocycles. The maximum absolute atomic E-state index is 14.6. The zero-order valence-corrected chi connectivity index (χ0v) is 39.6. The molecule has 1 heterocycles. The Morgan fingerprint density at radius 2 is 1.03 bits per heavy atom. The van der Waals surface area contributed by atoms with Gasteiger partial charge in [0.05, 0.1) is 39.9 Å². The molecule has 12 heteroatoms. The molecule has 0 aromatic heterocycles. The van der Waals surface area contributed by atoms with E-state index in [0.717, 1.165) is 68.7 Å². The van der Waals surface area contributed by atoms with Crippen LogP contribution in [0.25, 0.3) is 11.1 Å². The number of carbonyl (C=O) groups is 1. The summed E-state index contributed by atoms with van der Waals surface area (Å²) < 4.78 is 29.4. The molecular weight excluding hydrogens is 866 g/mol. The fourth-order valence-corrected chi connectivity index (χ4v) is 8.99. The second-order valence-corrected chi connectivity index (χ2v) is 16.6. The van der Waals surface area contributed by atoms with Crippen molar-refractivity contribution in [1.29, 1.82) is 0 Å². The first-order chi connectivity index (χ1) is 29.7. The Bertz CT molecular complexity index is 2400. The van der Waals surface area contributed by atoms with Gasteiger partial charge in [-0.25, -0.2) is 4.79 Å². The number of nitrogens with one attached hydrogen (secondary N) is 2. The van der Waals surface area contributed by atoms with Crippen molar-refractivity contribution in [3.05, 3.63) is 161 Å². The van der Waals surface area contributed by atoms with Crippen LogP contribution in [0, 0.1) is 13.8 Å². The summed E-state index contributed by atoms with van der Waals surface area (Å²) in [5.41, 5.74) is 9.08. The van der Waals surface area contributed by atoms with Gasteiger partial charge in [-0.1, -0.05) is 109 Å². The first kappa shape index (κ1) is 46.8. The van der Waals surface area contributed by atoms with Gasteiger partial charge in [-0.05, 0) is 121 Å². The van der Waals surface area contributed by atoms with E-state index in [1.165, 1.54) is 0 Å². The molecule has 326 valence electrons. The number of carbonyl (C=O) groups excluding carboxylic acids is 1. The number of methoxy groups -OCH3 is 4. The third-order valence-corrected chi connectivity index (χ3v) is 13.3. The Balaban J connectivity index is 1.85. The summed E-state index contributed by atoms with van der Waals surface area (Å²) in [5, 5.41) is 7.08. The highest BCUT2D eigenvalue weighted by atomic mass is 35.5. The number of cyclic esters (lactones) is 1. The summed E-state index contributed by atoms with van der Waals surface area (Å²) in [7, 11) is 6.54. The zero-order chi connectivity index (χ0) is 45.0. The van der Waals surface area contributed by atoms with Crippen LogP contribution in [0.15, 0.2) is 84.9 Å². The maximum Gasteiger partial charge on any atom is 0.341 e. The first-order valence-corrected chi connectivity index (χ1v) is 21.9. The SMILES string of the molecule is CCc1ccc(C(=CC2(C=C(c3ccc(OC)cc3)c3ccc(CC)c(C)c3NC(C)OC)OC(=O)c3c(Cl)c(Cl)c(Cl)c(Cl)c32)c2ccc(OC)cc2)c(NC(C)OC)c1C. The lowest BCUT2D eigenvalue weighted by molar-refractivity contribution is 0.0300. The number of ether oxygens (including phenoxy) is 5. The van der Waals surface area contributed by atoms with Crippen molar-refractivity contribution in [2.45, 2.75) is 72.4 Å². The van der Waals surface area contributed by atoms with Crippen molar-refractivity contribution in [2.24, 2.45) is 0 Å². The second-order valence-electron chi connectivity index (χ2n) is 15.1. The molecule has 8 nitrogen and oxygen atoms in total. The van der Waals surface area contributed by atoms with Gasteiger partial charge < -0.3 is 34.3 Å². The molecule has 5 aromatic rings. The van der Waals surface area contributed by atoms with E-state index in [4.69, 9.17) is 70.1 Å². The zero-order valence-electron chi connectivity index (χ0n) is 36.6. The number of benzene rings is 5. The summed E-state index contributed by atoms with van der Waals surface area (Å²) in [5.74, 6) is 0.603. The number of fused-ring (bicyclic) bond motifs is 1. The topological polar surface area (TPSA) is 87.3 Å². The minimum atomic E-state index is -1.77. The van der Waals surface area contributed by atoms with Gasteiger partial charge in [0.2, 0.25) is 0 Å². The monoisotopic (exact) mass is 916 g/mol. The number of rotatable bonds is 16. The minimum absolute atomic E-state index is 0.00876. The van der Waals surface area contributed by atoms with Crippen LogP contribution in [-0.2, 0) is 32.7 Å². The maximum atomic E-state index is 14.6. The lowest BCUT2D eigenvalue weighted by Crippen LogP contribution is -2.24. The molecule has 0 fully saturated rings. The number of hydrogen-bond acceptors (Lipinski definition) is 8. The van der Waals surface area contributed by atoms with Crippen LogP contribution in [0.2, 0.25) is 20.1 Å². The normalized spacial score (nSPS) is 16.1. The van der Waals surface area contributed by atoms with E-state index in [-0.39, 0.29) is 43.7 Å². The predicted octanol–water partition coefficient (Wildman–Crippen LogP) is 13.5. The molecule has 2 unspecified atom stereocenters. The lowest BCUT2D eigenvalue weighted by Gasteiger charge is -2.29. The first-order valence-electron chi connectivity index (χ1n) is 20.4. The molecule has 1 aliphatic heterocycles. The van der Waals surface area contributed by atoms with Crippen molar-refractivity contribution in [3.8, 4) is 11.5 Å². The molecule has 0 bridgehead atoms. The van der Waals surface area contributed by atoms with Crippen LogP contribution in [0.1, 0.15) is 88.1 Å². The fourth-order valence-electron chi connectivity index (χ4n) is 7.91. The minimum Gasteiger partial charge on any atom is -0.497 e. The molecule has 0 amide bonds. The molecule has 0 spiro atoms. The number of halogens is 4. The highest BCUT2D eigenvalue weighted by Gasteiger charge is 2.48. The van der Waals surface area contributed by atoms with Gasteiger partial charge in [0.25, 0.3) is 0 Å². The predicted molar refractivity (Wildman–Crippen MR) is 255 cm³/mol. The van der Waals surface area contributed by atoms with E-state index in [0.29, 0.717) is 22.6 Å². The van der Waals surface area contributed by atoms with Crippen LogP contribution >= 0.6 is 46.4 Å². The van der Waals surface area contributed by atoms with Gasteiger partial charge in [0.15, 0.2) is 5.60 Å². The van der Waals surface area contributed by atoms with Crippen LogP contribution in [0.4, 0.5) is 11.4 Å². The molecule has 5 aromatic carbocycles. The average molecular weight is 919 g/mol. The van der Waals surface area contributed by atoms with E-state index in [1.807, 2.05) is 74.5 Å². The van der Waals surface area contributed by atoms with Gasteiger partial charge in [0, 0.05) is 42.3 Å². The Morgan fingerprint density at radius 1 is 0.629 bits per heavy atom. The molecule has 0 saturated heterocycles. The second kappa shape index (κ2) is 19.8. The third kappa shape index (κ3) is 9.05. The Morgan fingerprint density at radius 3 is 1.40 bits per heavy atom. The van der Waals surface area contributed by atoms with Crippen LogP contribution in [0.3, 0.4) is 0 Å². The van der Waals surface area contributed by atoms with Gasteiger partial charge in [0.1, 0.15) is 24.0 Å². The molecule has 0 aliphatic carbocycles. The van der Waals surface area contributed by atoms with Gasteiger partial charge in [-0.15, -0.1) is 0 Å². The third-order valence-electron chi connectivity index (χ3n) is 11.5. The highest BCUT2D eigenvalue weighted by Crippen LogP contribution is 2.54. The van der Waals surface area contributed by atoms with E-state index in [9.17, 15) is 4.79 Å². The van der Waals surface area contributed by atoms with E-state index >= 15 is 0 Å². The van der Waals surface area contributed by atoms with Crippen molar-refractivity contribution in [3.63, 3.8) is 0 Å². The van der Waals surface area contributed by atoms with Crippen LogP contribution < -0.4 is 20.1 Å². The molecule has 1 aliphatic rings. The van der Waals surface area contributed by atoms with Crippen molar-refractivity contribution >= 4 is 74.9 Å². The molecule has 0 radical (unpaired) electrons. The Hall–Kier alpha value is -4.67. The van der Waals surface area contributed by atoms with E-state index in [1.54, 1.807) is 28.4 Å². The summed E-state index contributed by atoms with van der Waals surface area (Å²) >= 11 is 27.9. The summed E-state index contributed by atoms with van der Waals surface area (Å²) in [6, 6.07) is 23.7. The van der Waals surface area contributed by atoms with Crippen molar-refractivity contribution in [2.75, 3.05) is 39.1 Å². The molecular formula is C50H52Cl4N2O6. The smallest absolute Gasteiger partial charge is 0.341 e. The van der Waals surface area contributed by atoms with Crippen LogP contribution in [-0.4, -0.2) is 46.9 Å². The Kier molecular flexibility index (Phi) is 15.0. The van der Waals surface area contributed by atoms with Crippen molar-refractivity contribution in [1.82, 2.24) is 0 Å². The van der Waals surface area contributed by atoms with E-state index in [2.05, 4.69) is 62.6 Å². The molecule has 2 N–H and O–H groups in total. The fraction of sp³-hybridized carbons (Fsp3) is 0.300. The number of esters is 1. The lowest BCUT2D eigenvalue weighted by atomic mass is 9.81. The van der Waals surface area contributed by atoms with Gasteiger partial charge in [-0.2, -0.15) is 0 Å².